The molecule has 1 heterocycles. The summed E-state index contributed by atoms with van der Waals surface area (Å²) >= 11 is 0. The van der Waals surface area contributed by atoms with Crippen molar-refractivity contribution in [3.8, 4) is 0 Å². The smallest absolute Gasteiger partial charge is 0.237 e. The van der Waals surface area contributed by atoms with Crippen LogP contribution in [0.4, 0.5) is 0 Å². The van der Waals surface area contributed by atoms with Crippen molar-refractivity contribution in [2.75, 3.05) is 26.8 Å². The van der Waals surface area contributed by atoms with Gasteiger partial charge in [0.15, 0.2) is 0 Å². The van der Waals surface area contributed by atoms with Crippen LogP contribution in [0.1, 0.15) is 55.7 Å². The van der Waals surface area contributed by atoms with Crippen LogP contribution in [0.3, 0.4) is 0 Å². The summed E-state index contributed by atoms with van der Waals surface area (Å²) in [6.45, 7) is 1.63. The van der Waals surface area contributed by atoms with Gasteiger partial charge in [-0.1, -0.05) is 24.3 Å². The number of carbonyl (C=O) groups is 1. The third-order valence-corrected chi connectivity index (χ3v) is 7.70. The first-order chi connectivity index (χ1) is 13.5. The van der Waals surface area contributed by atoms with Crippen molar-refractivity contribution in [1.82, 2.24) is 10.2 Å². The molecule has 6 rings (SSSR count). The Bertz CT molecular complexity index is 750. The molecule has 0 aromatic heterocycles. The van der Waals surface area contributed by atoms with Gasteiger partial charge in [0, 0.05) is 19.2 Å². The number of nitrogens with zero attached hydrogens (tertiary/aromatic N) is 1. The lowest BCUT2D eigenvalue weighted by Crippen LogP contribution is -2.65. The predicted octanol–water partition coefficient (Wildman–Crippen LogP) is 2.43. The maximum absolute atomic E-state index is 13.2. The fraction of sp³-hybridized carbons (Fsp3) is 0.696. The minimum Gasteiger partial charge on any atom is -0.390 e. The summed E-state index contributed by atoms with van der Waals surface area (Å²) in [5.41, 5.74) is 2.00. The fourth-order valence-corrected chi connectivity index (χ4v) is 7.07. The second kappa shape index (κ2) is 6.82. The number of methoxy groups -OCH3 is 1. The van der Waals surface area contributed by atoms with Crippen LogP contribution >= 0.6 is 0 Å². The van der Waals surface area contributed by atoms with Gasteiger partial charge in [-0.2, -0.15) is 0 Å². The summed E-state index contributed by atoms with van der Waals surface area (Å²) in [5.74, 6) is 1.40. The van der Waals surface area contributed by atoms with Crippen molar-refractivity contribution in [2.45, 2.75) is 62.1 Å². The zero-order chi connectivity index (χ0) is 19.4. The molecule has 4 bridgehead atoms. The zero-order valence-corrected chi connectivity index (χ0v) is 16.8. The standard InChI is InChI=1S/C23H32N2O3/c1-28-14-20-19-5-3-2-4-18(19)6-7-25(20)21(26)13-24-22-9-16-8-17(10-22)12-23(27,11-16)15-22/h2-5,16-17,20,24,27H,6-15H2,1H3. The molecule has 0 radical (unpaired) electrons. The molecule has 3 atom stereocenters. The van der Waals surface area contributed by atoms with Crippen LogP contribution in [0.2, 0.25) is 0 Å². The van der Waals surface area contributed by atoms with Crippen molar-refractivity contribution < 1.29 is 14.6 Å². The largest absolute Gasteiger partial charge is 0.390 e. The summed E-state index contributed by atoms with van der Waals surface area (Å²) in [4.78, 5) is 15.2. The molecule has 0 spiro atoms. The summed E-state index contributed by atoms with van der Waals surface area (Å²) in [6.07, 6.45) is 7.12. The molecule has 3 unspecified atom stereocenters. The molecule has 1 aromatic carbocycles. The van der Waals surface area contributed by atoms with Gasteiger partial charge in [-0.15, -0.1) is 0 Å². The molecule has 0 saturated heterocycles. The van der Waals surface area contributed by atoms with E-state index in [9.17, 15) is 9.90 Å². The minimum atomic E-state index is -0.497. The van der Waals surface area contributed by atoms with Gasteiger partial charge in [0.25, 0.3) is 0 Å². The van der Waals surface area contributed by atoms with Gasteiger partial charge in [-0.25, -0.2) is 0 Å². The maximum Gasteiger partial charge on any atom is 0.237 e. The second-order valence-corrected chi connectivity index (χ2v) is 9.83. The van der Waals surface area contributed by atoms with Gasteiger partial charge in [-0.3, -0.25) is 4.79 Å². The Morgan fingerprint density at radius 3 is 2.71 bits per heavy atom. The highest BCUT2D eigenvalue weighted by atomic mass is 16.5. The maximum atomic E-state index is 13.2. The van der Waals surface area contributed by atoms with Crippen LogP contribution in [-0.2, 0) is 16.0 Å². The van der Waals surface area contributed by atoms with E-state index < -0.39 is 5.60 Å². The lowest BCUT2D eigenvalue weighted by Gasteiger charge is -2.60. The zero-order valence-electron chi connectivity index (χ0n) is 16.8. The number of hydrogen-bond donors (Lipinski definition) is 2. The molecule has 2 N–H and O–H groups in total. The molecule has 152 valence electrons. The number of nitrogens with one attached hydrogen (secondary N) is 1. The first kappa shape index (κ1) is 18.6. The highest BCUT2D eigenvalue weighted by Gasteiger charge is 2.57. The first-order valence-corrected chi connectivity index (χ1v) is 10.8. The van der Waals surface area contributed by atoms with E-state index in [1.165, 1.54) is 17.5 Å². The van der Waals surface area contributed by atoms with E-state index >= 15 is 0 Å². The van der Waals surface area contributed by atoms with Gasteiger partial charge in [0.05, 0.1) is 24.8 Å². The van der Waals surface area contributed by atoms with E-state index in [1.807, 2.05) is 11.0 Å². The molecule has 28 heavy (non-hydrogen) atoms. The number of ether oxygens (including phenoxy) is 1. The number of fused-ring (bicyclic) bond motifs is 1. The molecule has 5 heteroatoms. The summed E-state index contributed by atoms with van der Waals surface area (Å²) in [7, 11) is 1.70. The van der Waals surface area contributed by atoms with E-state index in [4.69, 9.17) is 4.74 Å². The average Bonchev–Trinajstić information content (AvgIpc) is 2.65. The Hall–Kier alpha value is -1.43. The van der Waals surface area contributed by atoms with E-state index in [1.54, 1.807) is 7.11 Å². The highest BCUT2D eigenvalue weighted by Crippen LogP contribution is 2.57. The number of aliphatic hydroxyl groups is 1. The van der Waals surface area contributed by atoms with Gasteiger partial charge in [0.2, 0.25) is 5.91 Å². The summed E-state index contributed by atoms with van der Waals surface area (Å²) < 4.78 is 5.46. The third kappa shape index (κ3) is 3.17. The van der Waals surface area contributed by atoms with E-state index in [2.05, 4.69) is 23.5 Å². The molecule has 1 amide bonds. The van der Waals surface area contributed by atoms with Gasteiger partial charge < -0.3 is 20.1 Å². The molecular weight excluding hydrogens is 352 g/mol. The predicted molar refractivity (Wildman–Crippen MR) is 107 cm³/mol. The molecule has 5 nitrogen and oxygen atoms in total. The molecule has 1 aliphatic heterocycles. The average molecular weight is 385 g/mol. The van der Waals surface area contributed by atoms with Crippen LogP contribution in [0.15, 0.2) is 24.3 Å². The van der Waals surface area contributed by atoms with Crippen LogP contribution in [0, 0.1) is 11.8 Å². The minimum absolute atomic E-state index is 0.00945. The quantitative estimate of drug-likeness (QED) is 0.819. The van der Waals surface area contributed by atoms with Gasteiger partial charge >= 0.3 is 0 Å². The van der Waals surface area contributed by atoms with Crippen LogP contribution in [0.5, 0.6) is 0 Å². The van der Waals surface area contributed by atoms with Crippen LogP contribution < -0.4 is 5.32 Å². The SMILES string of the molecule is COCC1c2ccccc2CCN1C(=O)CNC12CC3CC(CC(O)(C3)C1)C2. The number of hydrogen-bond acceptors (Lipinski definition) is 4. The number of carbonyl (C=O) groups excluding carboxylic acids is 1. The van der Waals surface area contributed by atoms with E-state index in [0.29, 0.717) is 25.0 Å². The molecular formula is C23H32N2O3. The lowest BCUT2D eigenvalue weighted by molar-refractivity contribution is -0.148. The second-order valence-electron chi connectivity index (χ2n) is 9.83. The Kier molecular flexibility index (Phi) is 4.53. The number of rotatable bonds is 5. The fourth-order valence-electron chi connectivity index (χ4n) is 7.07. The van der Waals surface area contributed by atoms with Gasteiger partial charge in [0.1, 0.15) is 0 Å². The highest BCUT2D eigenvalue weighted by molar-refractivity contribution is 5.79. The summed E-state index contributed by atoms with van der Waals surface area (Å²) in [6, 6.07) is 8.39. The normalized spacial score (nSPS) is 38.5. The van der Waals surface area contributed by atoms with Crippen molar-refractivity contribution in [3.05, 3.63) is 35.4 Å². The van der Waals surface area contributed by atoms with Crippen molar-refractivity contribution >= 4 is 5.91 Å². The monoisotopic (exact) mass is 384 g/mol. The topological polar surface area (TPSA) is 61.8 Å². The van der Waals surface area contributed by atoms with Crippen molar-refractivity contribution in [2.24, 2.45) is 11.8 Å². The third-order valence-electron chi connectivity index (χ3n) is 7.70. The number of benzene rings is 1. The first-order valence-electron chi connectivity index (χ1n) is 10.8. The van der Waals surface area contributed by atoms with E-state index in [-0.39, 0.29) is 17.5 Å². The van der Waals surface area contributed by atoms with Crippen molar-refractivity contribution in [3.63, 3.8) is 0 Å². The van der Waals surface area contributed by atoms with Crippen LogP contribution in [-0.4, -0.2) is 53.9 Å². The molecule has 4 aliphatic carbocycles. The molecule has 1 aromatic rings. The van der Waals surface area contributed by atoms with Gasteiger partial charge in [-0.05, 0) is 67.9 Å². The summed E-state index contributed by atoms with van der Waals surface area (Å²) in [5, 5.41) is 14.6. The lowest BCUT2D eigenvalue weighted by atomic mass is 9.51. The van der Waals surface area contributed by atoms with E-state index in [0.717, 1.165) is 45.1 Å². The molecule has 4 saturated carbocycles. The Morgan fingerprint density at radius 1 is 1.25 bits per heavy atom. The Labute approximate surface area is 167 Å². The number of amides is 1. The molecule has 5 aliphatic rings. The van der Waals surface area contributed by atoms with Crippen LogP contribution in [0.25, 0.3) is 0 Å². The Morgan fingerprint density at radius 2 is 2.00 bits per heavy atom. The van der Waals surface area contributed by atoms with Crippen molar-refractivity contribution in [1.29, 1.82) is 0 Å². The molecule has 4 fully saturated rings. The Balaban J connectivity index is 1.29.